The van der Waals surface area contributed by atoms with Crippen molar-refractivity contribution < 1.29 is 12.8 Å². The van der Waals surface area contributed by atoms with E-state index in [0.29, 0.717) is 0 Å². The molecule has 20 heavy (non-hydrogen) atoms. The first-order chi connectivity index (χ1) is 9.46. The number of sulfonamides is 1. The van der Waals surface area contributed by atoms with E-state index in [1.54, 1.807) is 19.1 Å². The van der Waals surface area contributed by atoms with Gasteiger partial charge in [0.15, 0.2) is 0 Å². The summed E-state index contributed by atoms with van der Waals surface area (Å²) in [4.78, 5) is 0. The minimum Gasteiger partial charge on any atom is -0.316 e. The Bertz CT molecular complexity index is 525. The second-order valence-electron chi connectivity index (χ2n) is 5.38. The molecular formula is C14H21FN2O2S. The van der Waals surface area contributed by atoms with Crippen LogP contribution < -0.4 is 10.0 Å². The SMILES string of the molecule is CC(NS(=O)(=O)CC1CCCNC1)c1ccc(F)cc1. The fraction of sp³-hybridized carbons (Fsp3) is 0.571. The zero-order valence-electron chi connectivity index (χ0n) is 11.6. The normalized spacial score (nSPS) is 21.6. The maximum Gasteiger partial charge on any atom is 0.212 e. The van der Waals surface area contributed by atoms with Gasteiger partial charge in [0.25, 0.3) is 0 Å². The van der Waals surface area contributed by atoms with Gasteiger partial charge in [-0.05, 0) is 56.5 Å². The van der Waals surface area contributed by atoms with Gasteiger partial charge in [-0.25, -0.2) is 17.5 Å². The highest BCUT2D eigenvalue weighted by atomic mass is 32.2. The van der Waals surface area contributed by atoms with Gasteiger partial charge in [0, 0.05) is 6.04 Å². The Labute approximate surface area is 119 Å². The third-order valence-electron chi connectivity index (χ3n) is 3.58. The van der Waals surface area contributed by atoms with Gasteiger partial charge in [-0.1, -0.05) is 12.1 Å². The Hall–Kier alpha value is -0.980. The van der Waals surface area contributed by atoms with Crippen LogP contribution in [0.15, 0.2) is 24.3 Å². The van der Waals surface area contributed by atoms with Crippen molar-refractivity contribution in [1.82, 2.24) is 10.0 Å². The minimum atomic E-state index is -3.32. The van der Waals surface area contributed by atoms with E-state index in [1.807, 2.05) is 0 Å². The van der Waals surface area contributed by atoms with Crippen molar-refractivity contribution in [3.63, 3.8) is 0 Å². The molecular weight excluding hydrogens is 279 g/mol. The van der Waals surface area contributed by atoms with Gasteiger partial charge in [0.1, 0.15) is 5.82 Å². The standard InChI is InChI=1S/C14H21FN2O2S/c1-11(13-4-6-14(15)7-5-13)17-20(18,19)10-12-3-2-8-16-9-12/h4-7,11-12,16-17H,2-3,8-10H2,1H3. The summed E-state index contributed by atoms with van der Waals surface area (Å²) in [7, 11) is -3.32. The number of hydrogen-bond donors (Lipinski definition) is 2. The van der Waals surface area contributed by atoms with Gasteiger partial charge in [-0.15, -0.1) is 0 Å². The molecule has 2 atom stereocenters. The molecule has 1 aliphatic heterocycles. The van der Waals surface area contributed by atoms with E-state index < -0.39 is 10.0 Å². The van der Waals surface area contributed by atoms with Crippen LogP contribution in [-0.2, 0) is 10.0 Å². The van der Waals surface area contributed by atoms with Crippen LogP contribution in [0.2, 0.25) is 0 Å². The highest BCUT2D eigenvalue weighted by molar-refractivity contribution is 7.89. The monoisotopic (exact) mass is 300 g/mol. The van der Waals surface area contributed by atoms with Crippen molar-refractivity contribution in [2.24, 2.45) is 5.92 Å². The molecule has 2 rings (SSSR count). The van der Waals surface area contributed by atoms with Crippen LogP contribution in [0.3, 0.4) is 0 Å². The Morgan fingerprint density at radius 3 is 2.70 bits per heavy atom. The van der Waals surface area contributed by atoms with Crippen LogP contribution in [-0.4, -0.2) is 27.3 Å². The molecule has 4 nitrogen and oxygen atoms in total. The van der Waals surface area contributed by atoms with Crippen molar-refractivity contribution in [2.75, 3.05) is 18.8 Å². The summed E-state index contributed by atoms with van der Waals surface area (Å²) in [5.74, 6) is -0.00955. The summed E-state index contributed by atoms with van der Waals surface area (Å²) in [5, 5.41) is 3.21. The van der Waals surface area contributed by atoms with E-state index in [0.717, 1.165) is 31.5 Å². The summed E-state index contributed by atoms with van der Waals surface area (Å²) in [5.41, 5.74) is 0.761. The Kier molecular flexibility index (Phi) is 5.12. The molecule has 0 radical (unpaired) electrons. The molecule has 1 fully saturated rings. The molecule has 0 spiro atoms. The number of rotatable bonds is 5. The lowest BCUT2D eigenvalue weighted by atomic mass is 10.0. The lowest BCUT2D eigenvalue weighted by molar-refractivity contribution is 0.402. The zero-order valence-corrected chi connectivity index (χ0v) is 12.4. The molecule has 112 valence electrons. The molecule has 1 aromatic carbocycles. The third kappa shape index (κ3) is 4.54. The van der Waals surface area contributed by atoms with Crippen molar-refractivity contribution in [3.05, 3.63) is 35.6 Å². The van der Waals surface area contributed by atoms with Crippen LogP contribution >= 0.6 is 0 Å². The van der Waals surface area contributed by atoms with Crippen LogP contribution in [0.5, 0.6) is 0 Å². The van der Waals surface area contributed by atoms with Crippen LogP contribution in [0.1, 0.15) is 31.4 Å². The van der Waals surface area contributed by atoms with Gasteiger partial charge >= 0.3 is 0 Å². The van der Waals surface area contributed by atoms with E-state index in [4.69, 9.17) is 0 Å². The molecule has 2 N–H and O–H groups in total. The largest absolute Gasteiger partial charge is 0.316 e. The Morgan fingerprint density at radius 2 is 2.10 bits per heavy atom. The van der Waals surface area contributed by atoms with Gasteiger partial charge in [0.05, 0.1) is 5.75 Å². The molecule has 0 amide bonds. The average Bonchev–Trinajstić information content (AvgIpc) is 2.39. The Balaban J connectivity index is 1.94. The number of piperidine rings is 1. The van der Waals surface area contributed by atoms with Crippen LogP contribution in [0, 0.1) is 11.7 Å². The first-order valence-corrected chi connectivity index (χ1v) is 8.58. The number of nitrogens with one attached hydrogen (secondary N) is 2. The van der Waals surface area contributed by atoms with Crippen molar-refractivity contribution in [3.8, 4) is 0 Å². The van der Waals surface area contributed by atoms with E-state index in [-0.39, 0.29) is 23.5 Å². The van der Waals surface area contributed by atoms with Crippen molar-refractivity contribution in [2.45, 2.75) is 25.8 Å². The molecule has 0 saturated carbocycles. The van der Waals surface area contributed by atoms with Gasteiger partial charge in [0.2, 0.25) is 10.0 Å². The summed E-state index contributed by atoms with van der Waals surface area (Å²) in [6.45, 7) is 3.49. The first-order valence-electron chi connectivity index (χ1n) is 6.92. The number of benzene rings is 1. The lowest BCUT2D eigenvalue weighted by Gasteiger charge is -2.23. The maximum absolute atomic E-state index is 12.9. The van der Waals surface area contributed by atoms with E-state index in [1.165, 1.54) is 12.1 Å². The summed E-state index contributed by atoms with van der Waals surface area (Å²) in [6, 6.07) is 5.53. The second-order valence-corrected chi connectivity index (χ2v) is 7.18. The molecule has 0 aliphatic carbocycles. The van der Waals surface area contributed by atoms with Crippen LogP contribution in [0.25, 0.3) is 0 Å². The zero-order chi connectivity index (χ0) is 14.6. The fourth-order valence-electron chi connectivity index (χ4n) is 2.51. The predicted octanol–water partition coefficient (Wildman–Crippen LogP) is 1.81. The highest BCUT2D eigenvalue weighted by Crippen LogP contribution is 2.17. The van der Waals surface area contributed by atoms with Crippen molar-refractivity contribution in [1.29, 1.82) is 0 Å². The average molecular weight is 300 g/mol. The molecule has 1 aliphatic rings. The van der Waals surface area contributed by atoms with Gasteiger partial charge in [-0.2, -0.15) is 0 Å². The van der Waals surface area contributed by atoms with Gasteiger partial charge in [-0.3, -0.25) is 0 Å². The lowest BCUT2D eigenvalue weighted by Crippen LogP contribution is -2.38. The van der Waals surface area contributed by atoms with E-state index in [9.17, 15) is 12.8 Å². The van der Waals surface area contributed by atoms with E-state index in [2.05, 4.69) is 10.0 Å². The molecule has 1 saturated heterocycles. The van der Waals surface area contributed by atoms with Crippen LogP contribution in [0.4, 0.5) is 4.39 Å². The van der Waals surface area contributed by atoms with Gasteiger partial charge < -0.3 is 5.32 Å². The number of halogens is 1. The molecule has 2 unspecified atom stereocenters. The number of hydrogen-bond acceptors (Lipinski definition) is 3. The quantitative estimate of drug-likeness (QED) is 0.872. The molecule has 1 heterocycles. The Morgan fingerprint density at radius 1 is 1.40 bits per heavy atom. The summed E-state index contributed by atoms with van der Waals surface area (Å²) >= 11 is 0. The summed E-state index contributed by atoms with van der Waals surface area (Å²) < 4.78 is 39.8. The maximum atomic E-state index is 12.9. The van der Waals surface area contributed by atoms with Crippen molar-refractivity contribution >= 4 is 10.0 Å². The predicted molar refractivity (Wildman–Crippen MR) is 77.3 cm³/mol. The highest BCUT2D eigenvalue weighted by Gasteiger charge is 2.22. The smallest absolute Gasteiger partial charge is 0.212 e. The minimum absolute atomic E-state index is 0.144. The van der Waals surface area contributed by atoms with E-state index >= 15 is 0 Å². The molecule has 6 heteroatoms. The second kappa shape index (κ2) is 6.65. The molecule has 0 bridgehead atoms. The third-order valence-corrected chi connectivity index (χ3v) is 5.20. The molecule has 0 aromatic heterocycles. The summed E-state index contributed by atoms with van der Waals surface area (Å²) in [6.07, 6.45) is 1.96. The fourth-order valence-corrected chi connectivity index (χ4v) is 4.19. The molecule has 1 aromatic rings. The first kappa shape index (κ1) is 15.4. The topological polar surface area (TPSA) is 58.2 Å².